The first kappa shape index (κ1) is 13.8. The normalized spacial score (nSPS) is 15.9. The summed E-state index contributed by atoms with van der Waals surface area (Å²) < 4.78 is 1.83. The number of hydrogen-bond donors (Lipinski definition) is 0. The number of halogens is 2. The molecule has 0 saturated heterocycles. The molecule has 6 heteroatoms. The van der Waals surface area contributed by atoms with Crippen molar-refractivity contribution in [2.45, 2.75) is 45.1 Å². The lowest BCUT2D eigenvalue weighted by atomic mass is 10.0. The number of hydrogen-bond acceptors (Lipinski definition) is 3. The molecule has 1 aliphatic carbocycles. The van der Waals surface area contributed by atoms with Gasteiger partial charge in [-0.2, -0.15) is 5.10 Å². The van der Waals surface area contributed by atoms with E-state index >= 15 is 0 Å². The van der Waals surface area contributed by atoms with Gasteiger partial charge in [0.15, 0.2) is 5.82 Å². The molecule has 106 valence electrons. The van der Waals surface area contributed by atoms with Gasteiger partial charge < -0.3 is 0 Å². The molecule has 0 unspecified atom stereocenters. The van der Waals surface area contributed by atoms with Gasteiger partial charge in [-0.3, -0.25) is 4.68 Å². The summed E-state index contributed by atoms with van der Waals surface area (Å²) in [7, 11) is 0. The highest BCUT2D eigenvalue weighted by Crippen LogP contribution is 2.40. The predicted octanol–water partition coefficient (Wildman–Crippen LogP) is 4.32. The summed E-state index contributed by atoms with van der Waals surface area (Å²) in [5, 5.41) is 5.19. The zero-order chi connectivity index (χ0) is 14.1. The molecule has 1 saturated carbocycles. The van der Waals surface area contributed by atoms with Crippen molar-refractivity contribution in [3.8, 4) is 11.5 Å². The smallest absolute Gasteiger partial charge is 0.180 e. The summed E-state index contributed by atoms with van der Waals surface area (Å²) in [5.41, 5.74) is 1.76. The van der Waals surface area contributed by atoms with Crippen molar-refractivity contribution in [1.82, 2.24) is 19.7 Å². The minimum absolute atomic E-state index is 0.403. The first-order valence-corrected chi connectivity index (χ1v) is 7.71. The molecule has 20 heavy (non-hydrogen) atoms. The van der Waals surface area contributed by atoms with E-state index < -0.39 is 0 Å². The third-order valence-electron chi connectivity index (χ3n) is 3.86. The highest BCUT2D eigenvalue weighted by atomic mass is 35.5. The van der Waals surface area contributed by atoms with E-state index in [-0.39, 0.29) is 0 Å². The van der Waals surface area contributed by atoms with Crippen molar-refractivity contribution in [2.75, 3.05) is 0 Å². The first-order valence-electron chi connectivity index (χ1n) is 6.95. The molecular formula is C14H16Cl2N4. The molecular weight excluding hydrogens is 295 g/mol. The quantitative estimate of drug-likeness (QED) is 0.793. The Labute approximate surface area is 128 Å². The van der Waals surface area contributed by atoms with Crippen LogP contribution in [0, 0.1) is 0 Å². The van der Waals surface area contributed by atoms with E-state index in [4.69, 9.17) is 23.2 Å². The molecule has 0 atom stereocenters. The summed E-state index contributed by atoms with van der Waals surface area (Å²) in [4.78, 5) is 8.88. The second-order valence-electron chi connectivity index (χ2n) is 5.06. The predicted molar refractivity (Wildman–Crippen MR) is 80.2 cm³/mol. The van der Waals surface area contributed by atoms with E-state index in [1.54, 1.807) is 6.20 Å². The molecule has 2 aromatic rings. The highest BCUT2D eigenvalue weighted by molar-refractivity contribution is 6.34. The zero-order valence-corrected chi connectivity index (χ0v) is 12.8. The second-order valence-corrected chi connectivity index (χ2v) is 5.77. The largest absolute Gasteiger partial charge is 0.262 e. The second kappa shape index (κ2) is 5.70. The summed E-state index contributed by atoms with van der Waals surface area (Å²) in [6, 6.07) is 1.88. The lowest BCUT2D eigenvalue weighted by Crippen LogP contribution is -2.05. The average Bonchev–Trinajstić information content (AvgIpc) is 3.08. The fourth-order valence-electron chi connectivity index (χ4n) is 2.86. The van der Waals surface area contributed by atoms with E-state index in [0.717, 1.165) is 30.6 Å². The van der Waals surface area contributed by atoms with Crippen LogP contribution >= 0.6 is 23.2 Å². The van der Waals surface area contributed by atoms with Crippen LogP contribution in [0.1, 0.15) is 44.1 Å². The van der Waals surface area contributed by atoms with Gasteiger partial charge in [-0.05, 0) is 31.7 Å². The van der Waals surface area contributed by atoms with Crippen molar-refractivity contribution in [3.05, 3.63) is 28.1 Å². The topological polar surface area (TPSA) is 43.6 Å². The fraction of sp³-hybridized carbons (Fsp3) is 0.500. The molecule has 1 fully saturated rings. The van der Waals surface area contributed by atoms with Gasteiger partial charge >= 0.3 is 0 Å². The molecule has 0 radical (unpaired) electrons. The van der Waals surface area contributed by atoms with Gasteiger partial charge in [0.1, 0.15) is 16.0 Å². The van der Waals surface area contributed by atoms with Crippen LogP contribution < -0.4 is 0 Å². The Bertz CT molecular complexity index is 594. The molecule has 0 bridgehead atoms. The lowest BCUT2D eigenvalue weighted by Gasteiger charge is -2.14. The number of rotatable bonds is 3. The number of nitrogens with zero attached hydrogens (tertiary/aromatic N) is 4. The first-order chi connectivity index (χ1) is 9.70. The van der Waals surface area contributed by atoms with Gasteiger partial charge in [0.2, 0.25) is 0 Å². The Balaban J connectivity index is 2.03. The van der Waals surface area contributed by atoms with Crippen molar-refractivity contribution >= 4 is 23.2 Å². The molecule has 0 spiro atoms. The highest BCUT2D eigenvalue weighted by Gasteiger charge is 2.25. The van der Waals surface area contributed by atoms with E-state index in [0.29, 0.717) is 22.0 Å². The molecule has 0 aromatic carbocycles. The molecule has 2 heterocycles. The summed E-state index contributed by atoms with van der Waals surface area (Å²) in [5.74, 6) is 0.946. The van der Waals surface area contributed by atoms with Gasteiger partial charge in [-0.15, -0.1) is 0 Å². The van der Waals surface area contributed by atoms with Crippen molar-refractivity contribution in [3.63, 3.8) is 0 Å². The Morgan fingerprint density at radius 1 is 1.20 bits per heavy atom. The fourth-order valence-corrected chi connectivity index (χ4v) is 3.55. The molecule has 3 rings (SSSR count). The Morgan fingerprint density at radius 3 is 2.45 bits per heavy atom. The van der Waals surface area contributed by atoms with E-state index in [1.807, 2.05) is 17.7 Å². The van der Waals surface area contributed by atoms with Crippen LogP contribution in [0.4, 0.5) is 0 Å². The van der Waals surface area contributed by atoms with Gasteiger partial charge in [0.25, 0.3) is 0 Å². The van der Waals surface area contributed by atoms with Crippen LogP contribution in [0.15, 0.2) is 12.3 Å². The Hall–Kier alpha value is -1.13. The molecule has 2 aromatic heterocycles. The summed E-state index contributed by atoms with van der Waals surface area (Å²) >= 11 is 12.7. The maximum Gasteiger partial charge on any atom is 0.180 e. The number of aryl methyl sites for hydroxylation is 1. The third kappa shape index (κ3) is 2.42. The molecule has 4 nitrogen and oxygen atoms in total. The minimum atomic E-state index is 0.403. The van der Waals surface area contributed by atoms with E-state index in [2.05, 4.69) is 15.1 Å². The van der Waals surface area contributed by atoms with Gasteiger partial charge in [-0.1, -0.05) is 36.0 Å². The van der Waals surface area contributed by atoms with Gasteiger partial charge in [-0.25, -0.2) is 9.97 Å². The van der Waals surface area contributed by atoms with E-state index in [9.17, 15) is 0 Å². The SMILES string of the molecule is CCn1nccc1-c1nc(Cl)c(C2CCCC2)c(Cl)n1. The van der Waals surface area contributed by atoms with Gasteiger partial charge in [0, 0.05) is 18.3 Å². The monoisotopic (exact) mass is 310 g/mol. The Morgan fingerprint density at radius 2 is 1.85 bits per heavy atom. The van der Waals surface area contributed by atoms with E-state index in [1.165, 1.54) is 12.8 Å². The maximum atomic E-state index is 6.36. The maximum absolute atomic E-state index is 6.36. The molecule has 0 amide bonds. The zero-order valence-electron chi connectivity index (χ0n) is 11.3. The Kier molecular flexibility index (Phi) is 3.94. The molecule has 1 aliphatic rings. The summed E-state index contributed by atoms with van der Waals surface area (Å²) in [6.45, 7) is 2.78. The van der Waals surface area contributed by atoms with Crippen LogP contribution in [0.2, 0.25) is 10.3 Å². The van der Waals surface area contributed by atoms with Crippen LogP contribution in [-0.4, -0.2) is 19.7 Å². The standard InChI is InChI=1S/C14H16Cl2N4/c1-2-20-10(7-8-17-20)14-18-12(15)11(13(16)19-14)9-5-3-4-6-9/h7-9H,2-6H2,1H3. The van der Waals surface area contributed by atoms with Crippen LogP contribution in [-0.2, 0) is 6.54 Å². The van der Waals surface area contributed by atoms with Crippen molar-refractivity contribution in [1.29, 1.82) is 0 Å². The summed E-state index contributed by atoms with van der Waals surface area (Å²) in [6.07, 6.45) is 6.42. The molecule has 0 N–H and O–H groups in total. The number of aromatic nitrogens is 4. The van der Waals surface area contributed by atoms with Crippen molar-refractivity contribution in [2.24, 2.45) is 0 Å². The van der Waals surface area contributed by atoms with Gasteiger partial charge in [0.05, 0.1) is 0 Å². The van der Waals surface area contributed by atoms with Crippen LogP contribution in [0.5, 0.6) is 0 Å². The van der Waals surface area contributed by atoms with Crippen molar-refractivity contribution < 1.29 is 0 Å². The lowest BCUT2D eigenvalue weighted by molar-refractivity contribution is 0.662. The van der Waals surface area contributed by atoms with Crippen LogP contribution in [0.25, 0.3) is 11.5 Å². The van der Waals surface area contributed by atoms with Crippen LogP contribution in [0.3, 0.4) is 0 Å². The third-order valence-corrected chi connectivity index (χ3v) is 4.44. The molecule has 0 aliphatic heterocycles. The average molecular weight is 311 g/mol. The minimum Gasteiger partial charge on any atom is -0.262 e.